The zero-order valence-corrected chi connectivity index (χ0v) is 15.3. The highest BCUT2D eigenvalue weighted by atomic mass is 16.5. The Morgan fingerprint density at radius 1 is 1.11 bits per heavy atom. The van der Waals surface area contributed by atoms with E-state index in [2.05, 4.69) is 5.32 Å². The second-order valence-electron chi connectivity index (χ2n) is 5.86. The van der Waals surface area contributed by atoms with E-state index in [0.717, 1.165) is 0 Å². The molecule has 2 aromatic rings. The molecule has 1 aliphatic rings. The number of carbonyl (C=O) groups is 2. The second kappa shape index (κ2) is 8.44. The number of benzene rings is 2. The van der Waals surface area contributed by atoms with Crippen LogP contribution < -0.4 is 24.4 Å². The zero-order valence-electron chi connectivity index (χ0n) is 15.3. The molecular weight excluding hydrogens is 348 g/mol. The normalized spacial score (nSPS) is 15.3. The fourth-order valence-electron chi connectivity index (χ4n) is 2.83. The van der Waals surface area contributed by atoms with Crippen molar-refractivity contribution in [1.82, 2.24) is 5.32 Å². The lowest BCUT2D eigenvalue weighted by Gasteiger charge is -2.33. The molecule has 0 saturated heterocycles. The van der Waals surface area contributed by atoms with Gasteiger partial charge in [0.05, 0.1) is 18.8 Å². The maximum Gasteiger partial charge on any atom is 0.265 e. The van der Waals surface area contributed by atoms with Crippen molar-refractivity contribution in [1.29, 1.82) is 0 Å². The molecule has 0 spiro atoms. The summed E-state index contributed by atoms with van der Waals surface area (Å²) in [7, 11) is 1.53. The van der Waals surface area contributed by atoms with Crippen LogP contribution in [0.2, 0.25) is 0 Å². The fraction of sp³-hybridized carbons (Fsp3) is 0.300. The molecule has 0 saturated carbocycles. The van der Waals surface area contributed by atoms with E-state index in [1.807, 2.05) is 25.1 Å². The first-order valence-electron chi connectivity index (χ1n) is 8.76. The van der Waals surface area contributed by atoms with Crippen LogP contribution in [0.5, 0.6) is 17.2 Å². The first-order valence-corrected chi connectivity index (χ1v) is 8.76. The topological polar surface area (TPSA) is 77.1 Å². The number of likely N-dealkylation sites (N-methyl/N-ethyl adjacent to an activating group) is 1. The molecule has 0 aliphatic carbocycles. The molecule has 7 heteroatoms. The van der Waals surface area contributed by atoms with Gasteiger partial charge in [-0.3, -0.25) is 9.59 Å². The van der Waals surface area contributed by atoms with Crippen LogP contribution in [0.15, 0.2) is 48.5 Å². The van der Waals surface area contributed by atoms with Gasteiger partial charge in [0.1, 0.15) is 5.75 Å². The molecule has 0 radical (unpaired) electrons. The Hall–Kier alpha value is -3.22. The number of ether oxygens (including phenoxy) is 3. The summed E-state index contributed by atoms with van der Waals surface area (Å²) in [5, 5.41) is 2.55. The first-order chi connectivity index (χ1) is 13.1. The van der Waals surface area contributed by atoms with Gasteiger partial charge in [-0.05, 0) is 31.2 Å². The van der Waals surface area contributed by atoms with Gasteiger partial charge in [-0.2, -0.15) is 0 Å². The summed E-state index contributed by atoms with van der Waals surface area (Å²) in [5.74, 6) is 1.01. The van der Waals surface area contributed by atoms with Crippen LogP contribution >= 0.6 is 0 Å². The lowest BCUT2D eigenvalue weighted by Crippen LogP contribution is -2.51. The molecule has 0 unspecified atom stereocenters. The van der Waals surface area contributed by atoms with Gasteiger partial charge in [-0.15, -0.1) is 0 Å². The molecule has 0 fully saturated rings. The van der Waals surface area contributed by atoms with E-state index in [1.54, 1.807) is 30.3 Å². The van der Waals surface area contributed by atoms with Crippen LogP contribution in [0.4, 0.5) is 5.69 Å². The Morgan fingerprint density at radius 3 is 2.48 bits per heavy atom. The Bertz CT molecular complexity index is 824. The smallest absolute Gasteiger partial charge is 0.265 e. The molecule has 27 heavy (non-hydrogen) atoms. The number of carbonyl (C=O) groups excluding carboxylic acids is 2. The van der Waals surface area contributed by atoms with Crippen molar-refractivity contribution in [3.8, 4) is 17.2 Å². The molecule has 2 amide bonds. The number of hydrogen-bond donors (Lipinski definition) is 1. The van der Waals surface area contributed by atoms with Crippen LogP contribution in [0.3, 0.4) is 0 Å². The number of nitrogens with zero attached hydrogens (tertiary/aromatic N) is 1. The molecule has 7 nitrogen and oxygen atoms in total. The minimum atomic E-state index is -0.774. The number of anilines is 1. The van der Waals surface area contributed by atoms with Crippen molar-refractivity contribution < 1.29 is 23.8 Å². The number of nitrogens with one attached hydrogen (secondary N) is 1. The Labute approximate surface area is 157 Å². The average Bonchev–Trinajstić information content (AvgIpc) is 2.71. The van der Waals surface area contributed by atoms with Crippen molar-refractivity contribution in [3.05, 3.63) is 48.5 Å². The van der Waals surface area contributed by atoms with E-state index in [9.17, 15) is 9.59 Å². The van der Waals surface area contributed by atoms with E-state index in [0.29, 0.717) is 29.5 Å². The van der Waals surface area contributed by atoms with E-state index in [-0.39, 0.29) is 25.0 Å². The van der Waals surface area contributed by atoms with Gasteiger partial charge in [0.25, 0.3) is 11.8 Å². The number of para-hydroxylation sites is 4. The van der Waals surface area contributed by atoms with E-state index < -0.39 is 6.10 Å². The van der Waals surface area contributed by atoms with Crippen LogP contribution in [0.1, 0.15) is 6.92 Å². The largest absolute Gasteiger partial charge is 0.490 e. The van der Waals surface area contributed by atoms with Crippen LogP contribution in [0, 0.1) is 0 Å². The SMILES string of the molecule is CCOc1ccccc1OCC(=O)N1C[C@H](C(=O)NC)Oc2ccccc21. The van der Waals surface area contributed by atoms with Crippen molar-refractivity contribution in [2.75, 3.05) is 31.7 Å². The molecule has 1 heterocycles. The Kier molecular flexibility index (Phi) is 5.80. The maximum atomic E-state index is 12.8. The van der Waals surface area contributed by atoms with Gasteiger partial charge < -0.3 is 24.4 Å². The molecular formula is C20H22N2O5. The first kappa shape index (κ1) is 18.6. The summed E-state index contributed by atoms with van der Waals surface area (Å²) in [6, 6.07) is 14.3. The monoisotopic (exact) mass is 370 g/mol. The summed E-state index contributed by atoms with van der Waals surface area (Å²) in [6.07, 6.45) is -0.774. The lowest BCUT2D eigenvalue weighted by atomic mass is 10.1. The molecule has 1 N–H and O–H groups in total. The van der Waals surface area contributed by atoms with Crippen molar-refractivity contribution in [3.63, 3.8) is 0 Å². The standard InChI is InChI=1S/C20H22N2O5/c1-3-25-16-10-6-7-11-17(16)26-13-19(23)22-12-18(20(24)21-2)27-15-9-5-4-8-14(15)22/h4-11,18H,3,12-13H2,1-2H3,(H,21,24)/t18-/m1/s1. The van der Waals surface area contributed by atoms with Gasteiger partial charge in [-0.1, -0.05) is 24.3 Å². The molecule has 3 rings (SSSR count). The van der Waals surface area contributed by atoms with Crippen LogP contribution in [-0.2, 0) is 9.59 Å². The van der Waals surface area contributed by atoms with Gasteiger partial charge in [0, 0.05) is 7.05 Å². The number of fused-ring (bicyclic) bond motifs is 1. The summed E-state index contributed by atoms with van der Waals surface area (Å²) < 4.78 is 16.9. The van der Waals surface area contributed by atoms with E-state index >= 15 is 0 Å². The summed E-state index contributed by atoms with van der Waals surface area (Å²) in [4.78, 5) is 26.4. The molecule has 1 atom stereocenters. The lowest BCUT2D eigenvalue weighted by molar-refractivity contribution is -0.128. The highest BCUT2D eigenvalue weighted by molar-refractivity contribution is 5.98. The Balaban J connectivity index is 1.76. The number of rotatable bonds is 6. The molecule has 2 aromatic carbocycles. The van der Waals surface area contributed by atoms with Crippen molar-refractivity contribution in [2.45, 2.75) is 13.0 Å². The van der Waals surface area contributed by atoms with Crippen LogP contribution in [0.25, 0.3) is 0 Å². The quantitative estimate of drug-likeness (QED) is 0.842. The highest BCUT2D eigenvalue weighted by Crippen LogP contribution is 2.33. The Morgan fingerprint density at radius 2 is 1.78 bits per heavy atom. The predicted molar refractivity (Wildman–Crippen MR) is 100 cm³/mol. The minimum absolute atomic E-state index is 0.117. The van der Waals surface area contributed by atoms with Gasteiger partial charge in [0.15, 0.2) is 24.2 Å². The predicted octanol–water partition coefficient (Wildman–Crippen LogP) is 2.00. The van der Waals surface area contributed by atoms with Gasteiger partial charge in [-0.25, -0.2) is 0 Å². The third-order valence-electron chi connectivity index (χ3n) is 4.11. The van der Waals surface area contributed by atoms with Crippen molar-refractivity contribution >= 4 is 17.5 Å². The van der Waals surface area contributed by atoms with Crippen LogP contribution in [-0.4, -0.2) is 44.7 Å². The summed E-state index contributed by atoms with van der Waals surface area (Å²) in [5.41, 5.74) is 0.615. The van der Waals surface area contributed by atoms with E-state index in [4.69, 9.17) is 14.2 Å². The van der Waals surface area contributed by atoms with Crippen molar-refractivity contribution in [2.24, 2.45) is 0 Å². The van der Waals surface area contributed by atoms with Gasteiger partial charge in [0.2, 0.25) is 0 Å². The summed E-state index contributed by atoms with van der Waals surface area (Å²) >= 11 is 0. The average molecular weight is 370 g/mol. The minimum Gasteiger partial charge on any atom is -0.490 e. The third kappa shape index (κ3) is 4.13. The van der Waals surface area contributed by atoms with Gasteiger partial charge >= 0.3 is 0 Å². The third-order valence-corrected chi connectivity index (χ3v) is 4.11. The summed E-state index contributed by atoms with van der Waals surface area (Å²) in [6.45, 7) is 2.31. The molecule has 0 aromatic heterocycles. The molecule has 0 bridgehead atoms. The zero-order chi connectivity index (χ0) is 19.2. The maximum absolute atomic E-state index is 12.8. The number of amides is 2. The number of hydrogen-bond acceptors (Lipinski definition) is 5. The second-order valence-corrected chi connectivity index (χ2v) is 5.86. The highest BCUT2D eigenvalue weighted by Gasteiger charge is 2.33. The fourth-order valence-corrected chi connectivity index (χ4v) is 2.83. The molecule has 1 aliphatic heterocycles. The molecule has 142 valence electrons. The van der Waals surface area contributed by atoms with E-state index in [1.165, 1.54) is 11.9 Å².